The van der Waals surface area contributed by atoms with Gasteiger partial charge < -0.3 is 21.1 Å². The van der Waals surface area contributed by atoms with Crippen molar-refractivity contribution in [2.24, 2.45) is 5.92 Å². The average molecular weight is 532 g/mol. The molecule has 8 nitrogen and oxygen atoms in total. The van der Waals surface area contributed by atoms with Crippen LogP contribution in [0.25, 0.3) is 10.8 Å². The van der Waals surface area contributed by atoms with Crippen LogP contribution in [0.5, 0.6) is 0 Å². The van der Waals surface area contributed by atoms with Crippen LogP contribution in [-0.4, -0.2) is 46.9 Å². The molecular formula is C31H37N3O5. The molecule has 0 saturated heterocycles. The van der Waals surface area contributed by atoms with Crippen LogP contribution in [0.2, 0.25) is 0 Å². The van der Waals surface area contributed by atoms with Gasteiger partial charge in [0.05, 0.1) is 6.42 Å². The highest BCUT2D eigenvalue weighted by atomic mass is 16.4. The molecule has 3 amide bonds. The Balaban J connectivity index is 1.57. The van der Waals surface area contributed by atoms with Gasteiger partial charge in [0.2, 0.25) is 11.8 Å². The van der Waals surface area contributed by atoms with Gasteiger partial charge in [0.1, 0.15) is 12.1 Å². The first-order chi connectivity index (χ1) is 18.6. The number of carbonyl (C=O) groups excluding carboxylic acids is 3. The third-order valence-electron chi connectivity index (χ3n) is 6.63. The summed E-state index contributed by atoms with van der Waals surface area (Å²) < 4.78 is 0. The maximum absolute atomic E-state index is 13.1. The summed E-state index contributed by atoms with van der Waals surface area (Å²) in [6.07, 6.45) is 1.76. The van der Waals surface area contributed by atoms with Crippen molar-refractivity contribution in [1.82, 2.24) is 16.0 Å². The van der Waals surface area contributed by atoms with E-state index in [1.807, 2.05) is 74.5 Å². The molecule has 0 aromatic heterocycles. The second kappa shape index (κ2) is 14.1. The highest BCUT2D eigenvalue weighted by Gasteiger charge is 2.28. The fourth-order valence-corrected chi connectivity index (χ4v) is 4.42. The molecule has 3 rings (SSSR count). The van der Waals surface area contributed by atoms with E-state index in [1.165, 1.54) is 6.92 Å². The zero-order chi connectivity index (χ0) is 28.4. The minimum Gasteiger partial charge on any atom is -0.481 e. The Morgan fingerprint density at radius 1 is 0.769 bits per heavy atom. The fourth-order valence-electron chi connectivity index (χ4n) is 4.42. The van der Waals surface area contributed by atoms with E-state index < -0.39 is 35.9 Å². The lowest BCUT2D eigenvalue weighted by molar-refractivity contribution is -0.138. The molecule has 3 aromatic carbocycles. The van der Waals surface area contributed by atoms with E-state index in [0.717, 1.165) is 22.8 Å². The number of nitrogens with one attached hydrogen (secondary N) is 3. The smallest absolute Gasteiger partial charge is 0.305 e. The van der Waals surface area contributed by atoms with Crippen LogP contribution in [0.3, 0.4) is 0 Å². The van der Waals surface area contributed by atoms with Gasteiger partial charge in [-0.25, -0.2) is 0 Å². The predicted molar refractivity (Wildman–Crippen MR) is 151 cm³/mol. The van der Waals surface area contributed by atoms with Crippen molar-refractivity contribution in [2.75, 3.05) is 0 Å². The summed E-state index contributed by atoms with van der Waals surface area (Å²) >= 11 is 0. The van der Waals surface area contributed by atoms with E-state index in [2.05, 4.69) is 16.0 Å². The van der Waals surface area contributed by atoms with Crippen molar-refractivity contribution in [2.45, 2.75) is 64.6 Å². The first-order valence-electron chi connectivity index (χ1n) is 13.3. The second-order valence-electron chi connectivity index (χ2n) is 10.2. The molecule has 3 aromatic rings. The highest BCUT2D eigenvalue weighted by Crippen LogP contribution is 2.16. The number of carbonyl (C=O) groups is 4. The van der Waals surface area contributed by atoms with Crippen molar-refractivity contribution in [3.05, 3.63) is 83.9 Å². The van der Waals surface area contributed by atoms with Gasteiger partial charge in [-0.15, -0.1) is 0 Å². The van der Waals surface area contributed by atoms with E-state index in [1.54, 1.807) is 12.1 Å². The second-order valence-corrected chi connectivity index (χ2v) is 10.2. The molecule has 0 aliphatic carbocycles. The van der Waals surface area contributed by atoms with E-state index in [9.17, 15) is 24.3 Å². The monoisotopic (exact) mass is 531 g/mol. The number of rotatable bonds is 13. The van der Waals surface area contributed by atoms with Crippen molar-refractivity contribution < 1.29 is 24.3 Å². The summed E-state index contributed by atoms with van der Waals surface area (Å²) in [5, 5.41) is 19.5. The van der Waals surface area contributed by atoms with Gasteiger partial charge in [0.15, 0.2) is 0 Å². The van der Waals surface area contributed by atoms with E-state index in [-0.39, 0.29) is 18.2 Å². The number of hydrogen-bond donors (Lipinski definition) is 4. The van der Waals surface area contributed by atoms with E-state index in [4.69, 9.17) is 0 Å². The van der Waals surface area contributed by atoms with Crippen LogP contribution in [0.1, 0.15) is 56.0 Å². The Hall–Kier alpha value is -4.20. The maximum Gasteiger partial charge on any atom is 0.305 e. The molecular weight excluding hydrogens is 494 g/mol. The number of carboxylic acids is 1. The Morgan fingerprint density at radius 3 is 2.10 bits per heavy atom. The van der Waals surface area contributed by atoms with Gasteiger partial charge in [-0.3, -0.25) is 19.2 Å². The first kappa shape index (κ1) is 29.4. The molecule has 0 unspecified atom stereocenters. The molecule has 0 radical (unpaired) electrons. The van der Waals surface area contributed by atoms with Gasteiger partial charge >= 0.3 is 5.97 Å². The van der Waals surface area contributed by atoms with E-state index >= 15 is 0 Å². The van der Waals surface area contributed by atoms with Crippen LogP contribution in [0, 0.1) is 5.92 Å². The van der Waals surface area contributed by atoms with Crippen molar-refractivity contribution in [1.29, 1.82) is 0 Å². The van der Waals surface area contributed by atoms with Gasteiger partial charge in [0, 0.05) is 11.6 Å². The lowest BCUT2D eigenvalue weighted by atomic mass is 10.0. The number of benzene rings is 3. The fraction of sp³-hybridized carbons (Fsp3) is 0.355. The van der Waals surface area contributed by atoms with Crippen LogP contribution < -0.4 is 16.0 Å². The Bertz CT molecular complexity index is 1290. The van der Waals surface area contributed by atoms with Gasteiger partial charge in [-0.2, -0.15) is 0 Å². The molecule has 0 aliphatic heterocycles. The van der Waals surface area contributed by atoms with Crippen molar-refractivity contribution in [3.8, 4) is 0 Å². The number of carboxylic acid groups (broad SMARTS) is 1. The standard InChI is InChI=1S/C31H37N3O5/c1-20(2)28(34-30(38)25-17-16-23-13-7-8-14-24(23)18-25)31(39)32-21(3)29(37)33-26(19-27(35)36)15-9-12-22-10-5-4-6-11-22/h4-8,10-11,13-14,16-18,20-21,26,28H,9,12,15,19H2,1-3H3,(H,32,39)(H,33,37)(H,34,38)(H,35,36)/t21-,26+,28-/m0/s1. The highest BCUT2D eigenvalue weighted by molar-refractivity contribution is 6.01. The number of hydrogen-bond acceptors (Lipinski definition) is 4. The normalized spacial score (nSPS) is 13.3. The average Bonchev–Trinajstić information content (AvgIpc) is 2.91. The predicted octanol–water partition coefficient (Wildman–Crippen LogP) is 4.08. The first-order valence-corrected chi connectivity index (χ1v) is 13.3. The van der Waals surface area contributed by atoms with E-state index in [0.29, 0.717) is 18.4 Å². The van der Waals surface area contributed by atoms with Crippen molar-refractivity contribution >= 4 is 34.5 Å². The van der Waals surface area contributed by atoms with Gasteiger partial charge in [-0.05, 0) is 60.6 Å². The zero-order valence-electron chi connectivity index (χ0n) is 22.6. The third kappa shape index (κ3) is 8.95. The van der Waals surface area contributed by atoms with Crippen LogP contribution in [-0.2, 0) is 20.8 Å². The molecule has 0 bridgehead atoms. The van der Waals surface area contributed by atoms with Gasteiger partial charge in [-0.1, -0.05) is 74.5 Å². The Kier molecular flexibility index (Phi) is 10.6. The Morgan fingerprint density at radius 2 is 1.44 bits per heavy atom. The maximum atomic E-state index is 13.1. The third-order valence-corrected chi connectivity index (χ3v) is 6.63. The molecule has 8 heteroatoms. The zero-order valence-corrected chi connectivity index (χ0v) is 22.6. The topological polar surface area (TPSA) is 125 Å². The summed E-state index contributed by atoms with van der Waals surface area (Å²) in [7, 11) is 0. The van der Waals surface area contributed by atoms with Gasteiger partial charge in [0.25, 0.3) is 5.91 Å². The summed E-state index contributed by atoms with van der Waals surface area (Å²) in [6, 6.07) is 20.5. The molecule has 206 valence electrons. The van der Waals surface area contributed by atoms with Crippen LogP contribution >= 0.6 is 0 Å². The number of amides is 3. The SMILES string of the molecule is CC(C)[C@H](NC(=O)c1ccc2ccccc2c1)C(=O)N[C@@H](C)C(=O)N[C@H](CCCc1ccccc1)CC(=O)O. The lowest BCUT2D eigenvalue weighted by Crippen LogP contribution is -2.55. The molecule has 3 atom stereocenters. The summed E-state index contributed by atoms with van der Waals surface area (Å²) in [4.78, 5) is 50.2. The summed E-state index contributed by atoms with van der Waals surface area (Å²) in [5.74, 6) is -2.58. The quantitative estimate of drug-likeness (QED) is 0.265. The molecule has 39 heavy (non-hydrogen) atoms. The van der Waals surface area contributed by atoms with Crippen molar-refractivity contribution in [3.63, 3.8) is 0 Å². The number of aliphatic carboxylic acids is 1. The molecule has 0 fully saturated rings. The number of fused-ring (bicyclic) bond motifs is 1. The largest absolute Gasteiger partial charge is 0.481 e. The molecule has 0 aliphatic rings. The van der Waals surface area contributed by atoms with Crippen LogP contribution in [0.4, 0.5) is 0 Å². The molecule has 0 spiro atoms. The lowest BCUT2D eigenvalue weighted by Gasteiger charge is -2.25. The Labute approximate surface area is 229 Å². The summed E-state index contributed by atoms with van der Waals surface area (Å²) in [6.45, 7) is 5.16. The summed E-state index contributed by atoms with van der Waals surface area (Å²) in [5.41, 5.74) is 1.58. The molecule has 4 N–H and O–H groups in total. The number of aryl methyl sites for hydroxylation is 1. The molecule has 0 heterocycles. The minimum absolute atomic E-state index is 0.211. The molecule has 0 saturated carbocycles. The van der Waals surface area contributed by atoms with Crippen LogP contribution in [0.15, 0.2) is 72.8 Å². The minimum atomic E-state index is -1.01.